The van der Waals surface area contributed by atoms with Crippen molar-refractivity contribution in [3.05, 3.63) is 28.2 Å². The summed E-state index contributed by atoms with van der Waals surface area (Å²) in [6.45, 7) is 2.94. The Bertz CT molecular complexity index is 404. The van der Waals surface area contributed by atoms with E-state index < -0.39 is 0 Å². The molecule has 1 aromatic rings. The van der Waals surface area contributed by atoms with Crippen molar-refractivity contribution in [1.29, 1.82) is 0 Å². The number of hydrogen-bond donors (Lipinski definition) is 1. The van der Waals surface area contributed by atoms with E-state index in [9.17, 15) is 0 Å². The van der Waals surface area contributed by atoms with E-state index in [4.69, 9.17) is 4.74 Å². The van der Waals surface area contributed by atoms with E-state index in [0.29, 0.717) is 6.04 Å². The number of ether oxygens (including phenoxy) is 1. The van der Waals surface area contributed by atoms with Crippen molar-refractivity contribution in [2.75, 3.05) is 13.7 Å². The first-order chi connectivity index (χ1) is 7.20. The van der Waals surface area contributed by atoms with Crippen LogP contribution >= 0.6 is 15.9 Å². The van der Waals surface area contributed by atoms with Crippen LogP contribution in [0.25, 0.3) is 0 Å². The smallest absolute Gasteiger partial charge is 0.132 e. The molecule has 0 saturated heterocycles. The number of nitrogens with one attached hydrogen (secondary N) is 1. The highest BCUT2D eigenvalue weighted by Crippen LogP contribution is 2.24. The van der Waals surface area contributed by atoms with Crippen molar-refractivity contribution in [1.82, 2.24) is 5.32 Å². The molecule has 1 aliphatic rings. The lowest BCUT2D eigenvalue weighted by molar-refractivity contribution is 0.413. The minimum atomic E-state index is 0.406. The summed E-state index contributed by atoms with van der Waals surface area (Å²) < 4.78 is 6.34. The second-order valence-corrected chi connectivity index (χ2v) is 4.49. The maximum absolute atomic E-state index is 5.31. The van der Waals surface area contributed by atoms with Gasteiger partial charge in [-0.1, -0.05) is 15.9 Å². The van der Waals surface area contributed by atoms with Gasteiger partial charge in [0.25, 0.3) is 0 Å². The number of aliphatic imine (C=N–C) groups is 1. The molecular weight excluding hydrogens is 256 g/mol. The van der Waals surface area contributed by atoms with Crippen LogP contribution in [0.3, 0.4) is 0 Å². The molecular formula is C11H13BrN2O. The molecule has 80 valence electrons. The fraction of sp³-hybridized carbons (Fsp3) is 0.364. The lowest BCUT2D eigenvalue weighted by Crippen LogP contribution is -2.28. The fourth-order valence-electron chi connectivity index (χ4n) is 1.58. The van der Waals surface area contributed by atoms with Crippen molar-refractivity contribution in [2.24, 2.45) is 4.99 Å². The van der Waals surface area contributed by atoms with E-state index >= 15 is 0 Å². The lowest BCUT2D eigenvalue weighted by atomic mass is 10.2. The standard InChI is InChI=1S/C11H13BrN2O/c1-7-6-13-11(14-7)9-5-8(12)3-4-10(9)15-2/h3-5,7H,6H2,1-2H3,(H,13,14). The third-order valence-electron chi connectivity index (χ3n) is 2.32. The number of hydrogen-bond acceptors (Lipinski definition) is 3. The van der Waals surface area contributed by atoms with E-state index in [-0.39, 0.29) is 0 Å². The van der Waals surface area contributed by atoms with Gasteiger partial charge in [-0.15, -0.1) is 0 Å². The highest BCUT2D eigenvalue weighted by Gasteiger charge is 2.17. The normalized spacial score (nSPS) is 19.7. The third-order valence-corrected chi connectivity index (χ3v) is 2.82. The molecule has 0 amide bonds. The molecule has 0 bridgehead atoms. The van der Waals surface area contributed by atoms with Gasteiger partial charge in [0.15, 0.2) is 0 Å². The van der Waals surface area contributed by atoms with E-state index in [1.165, 1.54) is 0 Å². The van der Waals surface area contributed by atoms with Crippen LogP contribution in [0.15, 0.2) is 27.7 Å². The minimum absolute atomic E-state index is 0.406. The van der Waals surface area contributed by atoms with E-state index in [1.54, 1.807) is 7.11 Å². The molecule has 15 heavy (non-hydrogen) atoms. The van der Waals surface area contributed by atoms with E-state index in [1.807, 2.05) is 18.2 Å². The van der Waals surface area contributed by atoms with Gasteiger partial charge in [-0.05, 0) is 25.1 Å². The summed E-state index contributed by atoms with van der Waals surface area (Å²) in [5.74, 6) is 1.76. The van der Waals surface area contributed by atoms with Crippen molar-refractivity contribution in [3.63, 3.8) is 0 Å². The second-order valence-electron chi connectivity index (χ2n) is 3.58. The van der Waals surface area contributed by atoms with Crippen molar-refractivity contribution >= 4 is 21.8 Å². The van der Waals surface area contributed by atoms with Gasteiger partial charge >= 0.3 is 0 Å². The van der Waals surface area contributed by atoms with Gasteiger partial charge in [0.05, 0.1) is 19.2 Å². The summed E-state index contributed by atoms with van der Waals surface area (Å²) in [7, 11) is 1.67. The monoisotopic (exact) mass is 268 g/mol. The summed E-state index contributed by atoms with van der Waals surface area (Å²) in [6.07, 6.45) is 0. The van der Waals surface area contributed by atoms with E-state index in [0.717, 1.165) is 28.2 Å². The summed E-state index contributed by atoms with van der Waals surface area (Å²) in [6, 6.07) is 6.32. The first-order valence-corrected chi connectivity index (χ1v) is 5.65. The third kappa shape index (κ3) is 2.15. The van der Waals surface area contributed by atoms with Crippen LogP contribution in [0.4, 0.5) is 0 Å². The molecule has 0 aliphatic carbocycles. The van der Waals surface area contributed by atoms with Gasteiger partial charge in [0, 0.05) is 10.5 Å². The average Bonchev–Trinajstić information content (AvgIpc) is 2.65. The molecule has 3 nitrogen and oxygen atoms in total. The zero-order valence-corrected chi connectivity index (χ0v) is 10.3. The topological polar surface area (TPSA) is 33.6 Å². The summed E-state index contributed by atoms with van der Waals surface area (Å²) >= 11 is 3.45. The first-order valence-electron chi connectivity index (χ1n) is 4.85. The van der Waals surface area contributed by atoms with Crippen LogP contribution in [-0.2, 0) is 0 Å². The van der Waals surface area contributed by atoms with Gasteiger partial charge in [0.2, 0.25) is 0 Å². The molecule has 1 atom stereocenters. The SMILES string of the molecule is COc1ccc(Br)cc1C1=NCC(C)N1. The number of benzene rings is 1. The molecule has 1 aliphatic heterocycles. The minimum Gasteiger partial charge on any atom is -0.496 e. The number of rotatable bonds is 2. The van der Waals surface area contributed by atoms with Gasteiger partial charge in [-0.3, -0.25) is 4.99 Å². The number of nitrogens with zero attached hydrogens (tertiary/aromatic N) is 1. The fourth-order valence-corrected chi connectivity index (χ4v) is 1.94. The Kier molecular flexibility index (Phi) is 2.95. The van der Waals surface area contributed by atoms with Crippen LogP contribution in [0.1, 0.15) is 12.5 Å². The van der Waals surface area contributed by atoms with Gasteiger partial charge in [0.1, 0.15) is 11.6 Å². The van der Waals surface area contributed by atoms with Crippen molar-refractivity contribution in [2.45, 2.75) is 13.0 Å². The molecule has 0 fully saturated rings. The maximum Gasteiger partial charge on any atom is 0.132 e. The molecule has 0 radical (unpaired) electrons. The van der Waals surface area contributed by atoms with Gasteiger partial charge in [-0.2, -0.15) is 0 Å². The Balaban J connectivity index is 2.38. The summed E-state index contributed by atoms with van der Waals surface area (Å²) in [5, 5.41) is 3.32. The molecule has 2 rings (SSSR count). The predicted molar refractivity (Wildman–Crippen MR) is 64.7 cm³/mol. The Morgan fingerprint density at radius 2 is 2.33 bits per heavy atom. The largest absolute Gasteiger partial charge is 0.496 e. The lowest BCUT2D eigenvalue weighted by Gasteiger charge is -2.10. The Labute approximate surface area is 97.7 Å². The number of methoxy groups -OCH3 is 1. The molecule has 0 aromatic heterocycles. The Morgan fingerprint density at radius 3 is 2.93 bits per heavy atom. The van der Waals surface area contributed by atoms with Crippen molar-refractivity contribution in [3.8, 4) is 5.75 Å². The zero-order valence-electron chi connectivity index (χ0n) is 8.75. The van der Waals surface area contributed by atoms with Crippen LogP contribution in [0, 0.1) is 0 Å². The van der Waals surface area contributed by atoms with Gasteiger partial charge < -0.3 is 10.1 Å². The molecule has 1 aromatic carbocycles. The zero-order chi connectivity index (χ0) is 10.8. The van der Waals surface area contributed by atoms with Crippen molar-refractivity contribution < 1.29 is 4.74 Å². The highest BCUT2D eigenvalue weighted by atomic mass is 79.9. The summed E-state index contributed by atoms with van der Waals surface area (Å²) in [5.41, 5.74) is 1.01. The molecule has 4 heteroatoms. The average molecular weight is 269 g/mol. The summed E-state index contributed by atoms with van der Waals surface area (Å²) in [4.78, 5) is 4.44. The highest BCUT2D eigenvalue weighted by molar-refractivity contribution is 9.10. The molecule has 1 unspecified atom stereocenters. The Hall–Kier alpha value is -1.03. The predicted octanol–water partition coefficient (Wildman–Crippen LogP) is 2.20. The number of amidine groups is 1. The molecule has 1 N–H and O–H groups in total. The molecule has 0 saturated carbocycles. The quantitative estimate of drug-likeness (QED) is 0.893. The van der Waals surface area contributed by atoms with Crippen LogP contribution in [0.5, 0.6) is 5.75 Å². The second kappa shape index (κ2) is 4.23. The first kappa shape index (κ1) is 10.5. The maximum atomic E-state index is 5.31. The van der Waals surface area contributed by atoms with E-state index in [2.05, 4.69) is 33.2 Å². The molecule has 1 heterocycles. The molecule has 0 spiro atoms. The van der Waals surface area contributed by atoms with Crippen LogP contribution in [0.2, 0.25) is 0 Å². The van der Waals surface area contributed by atoms with Gasteiger partial charge in [-0.25, -0.2) is 0 Å². The Morgan fingerprint density at radius 1 is 1.53 bits per heavy atom. The number of halogens is 1. The van der Waals surface area contributed by atoms with Crippen LogP contribution in [-0.4, -0.2) is 25.5 Å². The van der Waals surface area contributed by atoms with Crippen LogP contribution < -0.4 is 10.1 Å².